The summed E-state index contributed by atoms with van der Waals surface area (Å²) in [6.07, 6.45) is 0.893. The third-order valence-corrected chi connectivity index (χ3v) is 3.81. The van der Waals surface area contributed by atoms with Gasteiger partial charge in [0.05, 0.1) is 13.2 Å². The number of nitrogens with one attached hydrogen (secondary N) is 1. The lowest BCUT2D eigenvalue weighted by molar-refractivity contribution is 0.0932. The van der Waals surface area contributed by atoms with Crippen LogP contribution >= 0.6 is 0 Å². The maximum atomic E-state index is 12.5. The summed E-state index contributed by atoms with van der Waals surface area (Å²) in [6, 6.07) is 15.6. The van der Waals surface area contributed by atoms with Crippen molar-refractivity contribution in [3.8, 4) is 5.75 Å². The quantitative estimate of drug-likeness (QED) is 0.851. The van der Waals surface area contributed by atoms with Gasteiger partial charge in [-0.25, -0.2) is 0 Å². The molecule has 0 aromatic heterocycles. The Kier molecular flexibility index (Phi) is 5.80. The number of hydrogen-bond acceptors (Lipinski definition) is 2. The molecule has 3 nitrogen and oxygen atoms in total. The molecule has 0 bridgehead atoms. The van der Waals surface area contributed by atoms with Crippen LogP contribution in [0.1, 0.15) is 47.8 Å². The van der Waals surface area contributed by atoms with E-state index < -0.39 is 0 Å². The summed E-state index contributed by atoms with van der Waals surface area (Å²) < 4.78 is 5.21. The van der Waals surface area contributed by atoms with Gasteiger partial charge in [-0.1, -0.05) is 43.7 Å². The summed E-state index contributed by atoms with van der Waals surface area (Å²) in [7, 11) is 1.65. The molecular weight excluding hydrogens is 286 g/mol. The second-order valence-corrected chi connectivity index (χ2v) is 6.30. The van der Waals surface area contributed by atoms with Crippen LogP contribution in [0.15, 0.2) is 48.5 Å². The van der Waals surface area contributed by atoms with Crippen LogP contribution in [0.2, 0.25) is 0 Å². The molecule has 0 aliphatic heterocycles. The molecule has 1 N–H and O–H groups in total. The first-order chi connectivity index (χ1) is 11.0. The van der Waals surface area contributed by atoms with Crippen LogP contribution in [0.5, 0.6) is 5.75 Å². The third kappa shape index (κ3) is 4.85. The van der Waals surface area contributed by atoms with Gasteiger partial charge in [-0.05, 0) is 49.1 Å². The van der Waals surface area contributed by atoms with E-state index in [1.165, 1.54) is 0 Å². The first-order valence-corrected chi connectivity index (χ1v) is 8.01. The van der Waals surface area contributed by atoms with Crippen molar-refractivity contribution >= 4 is 5.91 Å². The highest BCUT2D eigenvalue weighted by Crippen LogP contribution is 2.24. The fourth-order valence-electron chi connectivity index (χ4n) is 2.61. The first-order valence-electron chi connectivity index (χ1n) is 8.01. The molecule has 0 radical (unpaired) electrons. The van der Waals surface area contributed by atoms with Crippen LogP contribution in [-0.2, 0) is 0 Å². The molecule has 1 amide bonds. The Balaban J connectivity index is 2.19. The van der Waals surface area contributed by atoms with Crippen molar-refractivity contribution in [3.05, 3.63) is 65.2 Å². The molecular formula is C20H25NO2. The largest absolute Gasteiger partial charge is 0.497 e. The molecule has 2 aromatic rings. The molecule has 0 saturated heterocycles. The highest BCUT2D eigenvalue weighted by atomic mass is 16.5. The van der Waals surface area contributed by atoms with Crippen LogP contribution in [0.3, 0.4) is 0 Å². The molecule has 0 spiro atoms. The van der Waals surface area contributed by atoms with E-state index in [4.69, 9.17) is 4.74 Å². The van der Waals surface area contributed by atoms with E-state index >= 15 is 0 Å². The molecule has 3 heteroatoms. The van der Waals surface area contributed by atoms with Crippen LogP contribution in [0, 0.1) is 12.8 Å². The van der Waals surface area contributed by atoms with E-state index in [0.29, 0.717) is 11.5 Å². The zero-order chi connectivity index (χ0) is 16.8. The highest BCUT2D eigenvalue weighted by molar-refractivity contribution is 5.94. The monoisotopic (exact) mass is 311 g/mol. The van der Waals surface area contributed by atoms with Gasteiger partial charge in [0, 0.05) is 5.56 Å². The molecule has 2 rings (SSSR count). The standard InChI is InChI=1S/C20H25NO2/c1-14(2)12-19(16-8-10-18(23-4)11-9-16)21-20(22)17-7-5-6-15(3)13-17/h5-11,13-14,19H,12H2,1-4H3,(H,21,22)/t19-/m0/s1. The lowest BCUT2D eigenvalue weighted by atomic mass is 9.96. The summed E-state index contributed by atoms with van der Waals surface area (Å²) in [5.41, 5.74) is 2.88. The van der Waals surface area contributed by atoms with Crippen LogP contribution in [0.4, 0.5) is 0 Å². The summed E-state index contributed by atoms with van der Waals surface area (Å²) in [5, 5.41) is 3.17. The van der Waals surface area contributed by atoms with E-state index in [1.807, 2.05) is 55.5 Å². The van der Waals surface area contributed by atoms with Crippen molar-refractivity contribution in [2.24, 2.45) is 5.92 Å². The molecule has 0 aliphatic carbocycles. The number of carbonyl (C=O) groups excluding carboxylic acids is 1. The Morgan fingerprint density at radius 1 is 1.13 bits per heavy atom. The average Bonchev–Trinajstić information content (AvgIpc) is 2.54. The normalized spacial score (nSPS) is 12.0. The molecule has 0 unspecified atom stereocenters. The number of benzene rings is 2. The third-order valence-electron chi connectivity index (χ3n) is 3.81. The highest BCUT2D eigenvalue weighted by Gasteiger charge is 2.17. The fourth-order valence-corrected chi connectivity index (χ4v) is 2.61. The second kappa shape index (κ2) is 7.82. The van der Waals surface area contributed by atoms with E-state index in [0.717, 1.165) is 23.3 Å². The lowest BCUT2D eigenvalue weighted by Gasteiger charge is -2.21. The van der Waals surface area contributed by atoms with Gasteiger partial charge in [0.2, 0.25) is 0 Å². The van der Waals surface area contributed by atoms with Crippen molar-refractivity contribution in [2.45, 2.75) is 33.2 Å². The molecule has 23 heavy (non-hydrogen) atoms. The summed E-state index contributed by atoms with van der Waals surface area (Å²) in [4.78, 5) is 12.5. The van der Waals surface area contributed by atoms with Gasteiger partial charge >= 0.3 is 0 Å². The summed E-state index contributed by atoms with van der Waals surface area (Å²) >= 11 is 0. The predicted molar refractivity (Wildman–Crippen MR) is 93.8 cm³/mol. The number of rotatable bonds is 6. The van der Waals surface area contributed by atoms with Crippen molar-refractivity contribution in [1.29, 1.82) is 0 Å². The Labute approximate surface area is 138 Å². The predicted octanol–water partition coefficient (Wildman–Crippen LogP) is 4.52. The molecule has 0 heterocycles. The summed E-state index contributed by atoms with van der Waals surface area (Å²) in [5.74, 6) is 1.28. The van der Waals surface area contributed by atoms with Crippen molar-refractivity contribution in [3.63, 3.8) is 0 Å². The topological polar surface area (TPSA) is 38.3 Å². The van der Waals surface area contributed by atoms with Crippen LogP contribution in [-0.4, -0.2) is 13.0 Å². The van der Waals surface area contributed by atoms with Gasteiger partial charge in [-0.15, -0.1) is 0 Å². The number of carbonyl (C=O) groups is 1. The molecule has 0 fully saturated rings. The number of methoxy groups -OCH3 is 1. The van der Waals surface area contributed by atoms with Crippen molar-refractivity contribution in [1.82, 2.24) is 5.32 Å². The SMILES string of the molecule is COc1ccc([C@H](CC(C)C)NC(=O)c2cccc(C)c2)cc1. The maximum absolute atomic E-state index is 12.5. The Hall–Kier alpha value is -2.29. The minimum absolute atomic E-state index is 0.00563. The number of amides is 1. The number of aryl methyl sites for hydroxylation is 1. The molecule has 0 saturated carbocycles. The van der Waals surface area contributed by atoms with E-state index in [-0.39, 0.29) is 11.9 Å². The van der Waals surface area contributed by atoms with Crippen LogP contribution in [0.25, 0.3) is 0 Å². The van der Waals surface area contributed by atoms with Crippen molar-refractivity contribution < 1.29 is 9.53 Å². The van der Waals surface area contributed by atoms with E-state index in [2.05, 4.69) is 19.2 Å². The fraction of sp³-hybridized carbons (Fsp3) is 0.350. The van der Waals surface area contributed by atoms with Gasteiger partial charge in [-0.2, -0.15) is 0 Å². The molecule has 1 atom stereocenters. The van der Waals surface area contributed by atoms with Crippen LogP contribution < -0.4 is 10.1 Å². The van der Waals surface area contributed by atoms with E-state index in [9.17, 15) is 4.79 Å². The second-order valence-electron chi connectivity index (χ2n) is 6.30. The number of ether oxygens (including phenoxy) is 1. The minimum atomic E-state index is -0.0323. The molecule has 2 aromatic carbocycles. The van der Waals surface area contributed by atoms with E-state index in [1.54, 1.807) is 7.11 Å². The number of hydrogen-bond donors (Lipinski definition) is 1. The van der Waals surface area contributed by atoms with Gasteiger partial charge in [0.25, 0.3) is 5.91 Å². The minimum Gasteiger partial charge on any atom is -0.497 e. The lowest BCUT2D eigenvalue weighted by Crippen LogP contribution is -2.29. The first kappa shape index (κ1) is 17.1. The Bertz CT molecular complexity index is 647. The van der Waals surface area contributed by atoms with Crippen molar-refractivity contribution in [2.75, 3.05) is 7.11 Å². The zero-order valence-electron chi connectivity index (χ0n) is 14.3. The smallest absolute Gasteiger partial charge is 0.251 e. The summed E-state index contributed by atoms with van der Waals surface area (Å²) in [6.45, 7) is 6.32. The molecule has 122 valence electrons. The van der Waals surface area contributed by atoms with Gasteiger partial charge in [0.1, 0.15) is 5.75 Å². The Morgan fingerprint density at radius 3 is 2.39 bits per heavy atom. The van der Waals surface area contributed by atoms with Gasteiger partial charge < -0.3 is 10.1 Å². The molecule has 0 aliphatic rings. The average molecular weight is 311 g/mol. The van der Waals surface area contributed by atoms with Gasteiger partial charge in [-0.3, -0.25) is 4.79 Å². The van der Waals surface area contributed by atoms with Gasteiger partial charge in [0.15, 0.2) is 0 Å². The Morgan fingerprint density at radius 2 is 1.83 bits per heavy atom. The zero-order valence-corrected chi connectivity index (χ0v) is 14.3. The maximum Gasteiger partial charge on any atom is 0.251 e.